The van der Waals surface area contributed by atoms with Gasteiger partial charge in [0.25, 0.3) is 0 Å². The first-order valence-corrected chi connectivity index (χ1v) is 5.49. The molecule has 2 rings (SSSR count). The van der Waals surface area contributed by atoms with E-state index in [4.69, 9.17) is 10.5 Å². The second kappa shape index (κ2) is 5.10. The minimum atomic E-state index is -0.563. The van der Waals surface area contributed by atoms with Crippen LogP contribution in [-0.4, -0.2) is 17.1 Å². The number of nitrogens with zero attached hydrogens (tertiary/aromatic N) is 2. The molecule has 2 aromatic rings. The summed E-state index contributed by atoms with van der Waals surface area (Å²) in [6.45, 7) is 2.07. The molecule has 0 saturated heterocycles. The average Bonchev–Trinajstić information content (AvgIpc) is 2.36. The van der Waals surface area contributed by atoms with Gasteiger partial charge in [-0.2, -0.15) is 0 Å². The van der Waals surface area contributed by atoms with Crippen LogP contribution in [0.2, 0.25) is 0 Å². The number of ether oxygens (including phenoxy) is 1. The molecule has 0 radical (unpaired) electrons. The van der Waals surface area contributed by atoms with Crippen molar-refractivity contribution < 1.29 is 9.13 Å². The van der Waals surface area contributed by atoms with Crippen LogP contribution in [0.3, 0.4) is 0 Å². The number of methoxy groups -OCH3 is 1. The Bertz CT molecular complexity index is 549. The molecule has 0 spiro atoms. The molecular formula is C13H14FN3O. The Morgan fingerprint density at radius 3 is 2.78 bits per heavy atom. The number of benzene rings is 1. The van der Waals surface area contributed by atoms with Gasteiger partial charge >= 0.3 is 0 Å². The van der Waals surface area contributed by atoms with Gasteiger partial charge in [0.1, 0.15) is 0 Å². The van der Waals surface area contributed by atoms with Crippen molar-refractivity contribution >= 4 is 5.82 Å². The lowest BCUT2D eigenvalue weighted by Gasteiger charge is -2.06. The maximum atomic E-state index is 13.4. The van der Waals surface area contributed by atoms with E-state index in [9.17, 15) is 4.39 Å². The van der Waals surface area contributed by atoms with Gasteiger partial charge in [0.05, 0.1) is 12.3 Å². The van der Waals surface area contributed by atoms with Gasteiger partial charge in [-0.1, -0.05) is 18.2 Å². The minimum Gasteiger partial charge on any atom is -0.381 e. The number of nitrogens with two attached hydrogens (primary N) is 1. The Hall–Kier alpha value is -2.01. The lowest BCUT2D eigenvalue weighted by molar-refractivity contribution is 0.185. The lowest BCUT2D eigenvalue weighted by Crippen LogP contribution is -2.03. The summed E-state index contributed by atoms with van der Waals surface area (Å²) in [5, 5.41) is 0. The van der Waals surface area contributed by atoms with Crippen molar-refractivity contribution in [1.29, 1.82) is 0 Å². The van der Waals surface area contributed by atoms with E-state index in [-0.39, 0.29) is 11.5 Å². The van der Waals surface area contributed by atoms with Crippen molar-refractivity contribution in [3.8, 4) is 11.4 Å². The normalized spacial score (nSPS) is 10.6. The van der Waals surface area contributed by atoms with E-state index in [1.165, 1.54) is 0 Å². The molecule has 1 aromatic carbocycles. The summed E-state index contributed by atoms with van der Waals surface area (Å²) < 4.78 is 18.4. The molecule has 0 saturated carbocycles. The van der Waals surface area contributed by atoms with Crippen LogP contribution in [0.25, 0.3) is 11.4 Å². The fraction of sp³-hybridized carbons (Fsp3) is 0.231. The molecule has 5 heteroatoms. The topological polar surface area (TPSA) is 61.0 Å². The van der Waals surface area contributed by atoms with E-state index in [2.05, 4.69) is 9.97 Å². The quantitative estimate of drug-likeness (QED) is 0.904. The predicted octanol–water partition coefficient (Wildman–Crippen LogP) is 2.32. The van der Waals surface area contributed by atoms with Gasteiger partial charge in [0.15, 0.2) is 17.5 Å². The van der Waals surface area contributed by atoms with E-state index >= 15 is 0 Å². The van der Waals surface area contributed by atoms with Crippen molar-refractivity contribution in [2.24, 2.45) is 0 Å². The fourth-order valence-corrected chi connectivity index (χ4v) is 1.68. The molecule has 0 bridgehead atoms. The van der Waals surface area contributed by atoms with Crippen molar-refractivity contribution in [1.82, 2.24) is 9.97 Å². The molecule has 0 aliphatic carbocycles. The van der Waals surface area contributed by atoms with E-state index in [0.717, 1.165) is 11.1 Å². The number of aryl methyl sites for hydroxylation is 1. The number of aromatic nitrogens is 2. The van der Waals surface area contributed by atoms with Gasteiger partial charge in [-0.3, -0.25) is 0 Å². The molecule has 0 aliphatic rings. The molecule has 1 aromatic heterocycles. The van der Waals surface area contributed by atoms with Crippen LogP contribution in [0, 0.1) is 12.7 Å². The van der Waals surface area contributed by atoms with Crippen molar-refractivity contribution in [2.75, 3.05) is 12.8 Å². The minimum absolute atomic E-state index is 0.130. The summed E-state index contributed by atoms with van der Waals surface area (Å²) in [5.41, 5.74) is 7.54. The van der Waals surface area contributed by atoms with Crippen LogP contribution in [-0.2, 0) is 11.3 Å². The summed E-state index contributed by atoms with van der Waals surface area (Å²) in [7, 11) is 1.63. The van der Waals surface area contributed by atoms with Crippen LogP contribution in [0.1, 0.15) is 11.3 Å². The van der Waals surface area contributed by atoms with E-state index in [1.54, 1.807) is 14.0 Å². The van der Waals surface area contributed by atoms with E-state index in [0.29, 0.717) is 12.4 Å². The van der Waals surface area contributed by atoms with Gasteiger partial charge in [0.2, 0.25) is 0 Å². The zero-order valence-electron chi connectivity index (χ0n) is 10.3. The van der Waals surface area contributed by atoms with Gasteiger partial charge in [0, 0.05) is 12.7 Å². The van der Waals surface area contributed by atoms with Crippen molar-refractivity contribution in [2.45, 2.75) is 13.5 Å². The standard InChI is InChI=1S/C13H14FN3O/c1-8-11(14)12(15)17-13(16-8)10-5-3-4-9(6-10)7-18-2/h3-6H,7H2,1-2H3,(H2,15,16,17). The Balaban J connectivity index is 2.45. The van der Waals surface area contributed by atoms with E-state index < -0.39 is 5.82 Å². The highest BCUT2D eigenvalue weighted by molar-refractivity contribution is 5.58. The molecule has 0 fully saturated rings. The third kappa shape index (κ3) is 2.46. The van der Waals surface area contributed by atoms with Crippen LogP contribution >= 0.6 is 0 Å². The summed E-state index contributed by atoms with van der Waals surface area (Å²) in [6.07, 6.45) is 0. The maximum absolute atomic E-state index is 13.4. The smallest absolute Gasteiger partial charge is 0.186 e. The summed E-state index contributed by atoms with van der Waals surface area (Å²) >= 11 is 0. The number of anilines is 1. The number of halogens is 1. The van der Waals surface area contributed by atoms with Crippen LogP contribution in [0.15, 0.2) is 24.3 Å². The second-order valence-electron chi connectivity index (χ2n) is 3.97. The lowest BCUT2D eigenvalue weighted by atomic mass is 10.1. The molecule has 0 amide bonds. The molecule has 2 N–H and O–H groups in total. The number of nitrogen functional groups attached to an aromatic ring is 1. The zero-order chi connectivity index (χ0) is 13.1. The predicted molar refractivity (Wildman–Crippen MR) is 67.3 cm³/mol. The number of hydrogen-bond donors (Lipinski definition) is 1. The molecule has 1 heterocycles. The largest absolute Gasteiger partial charge is 0.381 e. The van der Waals surface area contributed by atoms with Gasteiger partial charge in [-0.25, -0.2) is 14.4 Å². The van der Waals surface area contributed by atoms with Gasteiger partial charge < -0.3 is 10.5 Å². The zero-order valence-corrected chi connectivity index (χ0v) is 10.3. The highest BCUT2D eigenvalue weighted by Gasteiger charge is 2.10. The summed E-state index contributed by atoms with van der Waals surface area (Å²) in [5.74, 6) is -0.272. The summed E-state index contributed by atoms with van der Waals surface area (Å²) in [4.78, 5) is 8.05. The Kier molecular flexibility index (Phi) is 3.53. The highest BCUT2D eigenvalue weighted by atomic mass is 19.1. The third-order valence-corrected chi connectivity index (χ3v) is 2.54. The van der Waals surface area contributed by atoms with Gasteiger partial charge in [-0.15, -0.1) is 0 Å². The molecule has 0 aliphatic heterocycles. The first-order valence-electron chi connectivity index (χ1n) is 5.49. The molecule has 4 nitrogen and oxygen atoms in total. The molecule has 94 valence electrons. The van der Waals surface area contributed by atoms with Gasteiger partial charge in [-0.05, 0) is 18.6 Å². The SMILES string of the molecule is COCc1cccc(-c2nc(C)c(F)c(N)n2)c1. The first kappa shape index (κ1) is 12.4. The number of rotatable bonds is 3. The summed E-state index contributed by atoms with van der Waals surface area (Å²) in [6, 6.07) is 7.57. The average molecular weight is 247 g/mol. The van der Waals surface area contributed by atoms with Crippen molar-refractivity contribution in [3.63, 3.8) is 0 Å². The molecule has 18 heavy (non-hydrogen) atoms. The monoisotopic (exact) mass is 247 g/mol. The Morgan fingerprint density at radius 2 is 2.11 bits per heavy atom. The fourth-order valence-electron chi connectivity index (χ4n) is 1.68. The second-order valence-corrected chi connectivity index (χ2v) is 3.97. The van der Waals surface area contributed by atoms with Crippen molar-refractivity contribution in [3.05, 3.63) is 41.3 Å². The number of hydrogen-bond acceptors (Lipinski definition) is 4. The maximum Gasteiger partial charge on any atom is 0.186 e. The molecule has 0 atom stereocenters. The molecule has 0 unspecified atom stereocenters. The third-order valence-electron chi connectivity index (χ3n) is 2.54. The van der Waals surface area contributed by atoms with Crippen LogP contribution < -0.4 is 5.73 Å². The van der Waals surface area contributed by atoms with E-state index in [1.807, 2.05) is 24.3 Å². The van der Waals surface area contributed by atoms with Crippen LogP contribution in [0.4, 0.5) is 10.2 Å². The highest BCUT2D eigenvalue weighted by Crippen LogP contribution is 2.20. The molecular weight excluding hydrogens is 233 g/mol. The Labute approximate surface area is 105 Å². The van der Waals surface area contributed by atoms with Crippen LogP contribution in [0.5, 0.6) is 0 Å². The first-order chi connectivity index (χ1) is 8.61. The Morgan fingerprint density at radius 1 is 1.33 bits per heavy atom.